The number of nitrogens with zero attached hydrogens (tertiary/aromatic N) is 2. The summed E-state index contributed by atoms with van der Waals surface area (Å²) in [6.45, 7) is 0. The molecule has 7 nitrogen and oxygen atoms in total. The molecule has 6 rings (SSSR count). The molecule has 1 aliphatic heterocycles. The minimum Gasteiger partial charge on any atom is -0.507 e. The third-order valence-corrected chi connectivity index (χ3v) is 6.91. The zero-order valence-corrected chi connectivity index (χ0v) is 20.7. The molecule has 1 atom stereocenters. The van der Waals surface area contributed by atoms with E-state index < -0.39 is 17.3 Å². The molecule has 3 heterocycles. The standard InChI is InChI=1S/C29H21ClN2O5/c1-32(2)29-19(11-16-5-3-4-6-21(16)31-29)18-12-24(34)37-23-13-22(33)26-27(35)20(14-36-28(26)25(18)23)15-7-9-17(30)10-8-15/h3-11,13-14,18,33H,12H2,1-2H3. The van der Waals surface area contributed by atoms with E-state index in [0.29, 0.717) is 22.0 Å². The lowest BCUT2D eigenvalue weighted by molar-refractivity contribution is -0.135. The summed E-state index contributed by atoms with van der Waals surface area (Å²) in [5.41, 5.74) is 2.80. The Balaban J connectivity index is 1.63. The predicted octanol–water partition coefficient (Wildman–Crippen LogP) is 5.87. The summed E-state index contributed by atoms with van der Waals surface area (Å²) in [6, 6.07) is 17.8. The lowest BCUT2D eigenvalue weighted by atomic mass is 9.84. The normalized spacial score (nSPS) is 15.0. The number of anilines is 1. The Hall–Kier alpha value is -4.36. The summed E-state index contributed by atoms with van der Waals surface area (Å²) in [4.78, 5) is 33.0. The van der Waals surface area contributed by atoms with Gasteiger partial charge < -0.3 is 19.2 Å². The van der Waals surface area contributed by atoms with E-state index >= 15 is 0 Å². The van der Waals surface area contributed by atoms with Crippen LogP contribution in [0.15, 0.2) is 76.1 Å². The Morgan fingerprint density at radius 2 is 1.81 bits per heavy atom. The second-order valence-electron chi connectivity index (χ2n) is 9.22. The van der Waals surface area contributed by atoms with E-state index in [1.54, 1.807) is 24.3 Å². The first-order valence-corrected chi connectivity index (χ1v) is 12.0. The predicted molar refractivity (Wildman–Crippen MR) is 143 cm³/mol. The van der Waals surface area contributed by atoms with Gasteiger partial charge in [-0.25, -0.2) is 4.98 Å². The summed E-state index contributed by atoms with van der Waals surface area (Å²) in [6.07, 6.45) is 1.39. The van der Waals surface area contributed by atoms with Gasteiger partial charge in [-0.3, -0.25) is 9.59 Å². The van der Waals surface area contributed by atoms with Crippen molar-refractivity contribution in [1.82, 2.24) is 4.98 Å². The van der Waals surface area contributed by atoms with Crippen molar-refractivity contribution in [3.63, 3.8) is 0 Å². The second kappa shape index (κ2) is 8.64. The summed E-state index contributed by atoms with van der Waals surface area (Å²) >= 11 is 6.00. The maximum Gasteiger partial charge on any atom is 0.312 e. The molecule has 1 unspecified atom stereocenters. The second-order valence-corrected chi connectivity index (χ2v) is 9.65. The summed E-state index contributed by atoms with van der Waals surface area (Å²) in [7, 11) is 3.77. The SMILES string of the molecule is CN(C)c1nc2ccccc2cc1C1CC(=O)Oc2cc(O)c3c(=O)c(-c4ccc(Cl)cc4)coc3c21. The number of ether oxygens (including phenoxy) is 1. The zero-order chi connectivity index (χ0) is 25.8. The van der Waals surface area contributed by atoms with Gasteiger partial charge in [0.1, 0.15) is 34.5 Å². The average Bonchev–Trinajstić information content (AvgIpc) is 2.88. The average molecular weight is 513 g/mol. The number of carbonyl (C=O) groups is 1. The minimum atomic E-state index is -0.515. The summed E-state index contributed by atoms with van der Waals surface area (Å²) in [5, 5.41) is 12.3. The molecule has 2 aromatic heterocycles. The van der Waals surface area contributed by atoms with Gasteiger partial charge in [0, 0.05) is 47.6 Å². The number of para-hydroxylation sites is 1. The topological polar surface area (TPSA) is 92.9 Å². The van der Waals surface area contributed by atoms with Crippen molar-refractivity contribution in [3.05, 3.63) is 93.3 Å². The number of fused-ring (bicyclic) bond motifs is 4. The quantitative estimate of drug-likeness (QED) is 0.238. The van der Waals surface area contributed by atoms with Gasteiger partial charge in [-0.2, -0.15) is 0 Å². The van der Waals surface area contributed by atoms with E-state index in [4.69, 9.17) is 25.7 Å². The Kier molecular flexibility index (Phi) is 5.38. The molecule has 0 bridgehead atoms. The van der Waals surface area contributed by atoms with Crippen LogP contribution in [-0.2, 0) is 4.79 Å². The number of aromatic hydroxyl groups is 1. The highest BCUT2D eigenvalue weighted by molar-refractivity contribution is 6.30. The molecular weight excluding hydrogens is 492 g/mol. The molecule has 0 radical (unpaired) electrons. The van der Waals surface area contributed by atoms with Crippen LogP contribution in [0.5, 0.6) is 11.5 Å². The van der Waals surface area contributed by atoms with Crippen molar-refractivity contribution < 1.29 is 19.1 Å². The number of rotatable bonds is 3. The lowest BCUT2D eigenvalue weighted by Gasteiger charge is -2.28. The van der Waals surface area contributed by atoms with Crippen LogP contribution in [0, 0.1) is 0 Å². The van der Waals surface area contributed by atoms with Crippen LogP contribution in [0.2, 0.25) is 5.02 Å². The highest BCUT2D eigenvalue weighted by Crippen LogP contribution is 2.47. The van der Waals surface area contributed by atoms with E-state index in [9.17, 15) is 14.7 Å². The number of aromatic nitrogens is 1. The fourth-order valence-corrected chi connectivity index (χ4v) is 5.09. The molecule has 0 aliphatic carbocycles. The number of benzene rings is 3. The molecule has 1 aliphatic rings. The maximum atomic E-state index is 13.6. The Morgan fingerprint density at radius 3 is 2.57 bits per heavy atom. The van der Waals surface area contributed by atoms with Crippen molar-refractivity contribution in [1.29, 1.82) is 0 Å². The van der Waals surface area contributed by atoms with Crippen LogP contribution < -0.4 is 15.1 Å². The number of carbonyl (C=O) groups excluding carboxylic acids is 1. The molecule has 3 aromatic carbocycles. The van der Waals surface area contributed by atoms with Crippen LogP contribution in [0.4, 0.5) is 5.82 Å². The zero-order valence-electron chi connectivity index (χ0n) is 20.0. The first-order chi connectivity index (χ1) is 17.8. The maximum absolute atomic E-state index is 13.6. The van der Waals surface area contributed by atoms with Crippen molar-refractivity contribution in [2.24, 2.45) is 0 Å². The number of phenolic OH excluding ortho intramolecular Hbond substituents is 1. The molecule has 37 heavy (non-hydrogen) atoms. The highest BCUT2D eigenvalue weighted by atomic mass is 35.5. The molecule has 0 saturated carbocycles. The highest BCUT2D eigenvalue weighted by Gasteiger charge is 2.35. The first-order valence-electron chi connectivity index (χ1n) is 11.7. The number of esters is 1. The van der Waals surface area contributed by atoms with Gasteiger partial charge in [-0.05, 0) is 29.8 Å². The van der Waals surface area contributed by atoms with Gasteiger partial charge in [-0.15, -0.1) is 0 Å². The lowest BCUT2D eigenvalue weighted by Crippen LogP contribution is -2.24. The number of halogens is 1. The molecule has 0 fully saturated rings. The molecule has 0 spiro atoms. The van der Waals surface area contributed by atoms with Crippen molar-refractivity contribution in [2.75, 3.05) is 19.0 Å². The van der Waals surface area contributed by atoms with E-state index in [2.05, 4.69) is 0 Å². The summed E-state index contributed by atoms with van der Waals surface area (Å²) < 4.78 is 11.6. The Labute approximate surface area is 216 Å². The molecule has 184 valence electrons. The van der Waals surface area contributed by atoms with Gasteiger partial charge in [0.15, 0.2) is 0 Å². The third kappa shape index (κ3) is 3.79. The number of pyridine rings is 1. The Morgan fingerprint density at radius 1 is 1.05 bits per heavy atom. The molecule has 5 aromatic rings. The fraction of sp³-hybridized carbons (Fsp3) is 0.138. The van der Waals surface area contributed by atoms with Gasteiger partial charge >= 0.3 is 5.97 Å². The van der Waals surface area contributed by atoms with E-state index in [1.165, 1.54) is 12.3 Å². The van der Waals surface area contributed by atoms with E-state index in [1.807, 2.05) is 49.3 Å². The van der Waals surface area contributed by atoms with Crippen LogP contribution in [-0.4, -0.2) is 30.2 Å². The van der Waals surface area contributed by atoms with E-state index in [-0.39, 0.29) is 34.5 Å². The van der Waals surface area contributed by atoms with E-state index in [0.717, 1.165) is 16.5 Å². The van der Waals surface area contributed by atoms with Gasteiger partial charge in [0.2, 0.25) is 5.43 Å². The molecule has 0 saturated heterocycles. The molecule has 8 heteroatoms. The van der Waals surface area contributed by atoms with Crippen molar-refractivity contribution in [3.8, 4) is 22.6 Å². The fourth-order valence-electron chi connectivity index (χ4n) is 4.96. The number of phenols is 1. The van der Waals surface area contributed by atoms with Crippen LogP contribution in [0.1, 0.15) is 23.5 Å². The van der Waals surface area contributed by atoms with Gasteiger partial charge in [0.05, 0.1) is 17.5 Å². The number of hydrogen-bond donors (Lipinski definition) is 1. The summed E-state index contributed by atoms with van der Waals surface area (Å²) in [5.74, 6) is -0.443. The third-order valence-electron chi connectivity index (χ3n) is 6.66. The van der Waals surface area contributed by atoms with Gasteiger partial charge in [-0.1, -0.05) is 41.9 Å². The number of hydrogen-bond acceptors (Lipinski definition) is 7. The van der Waals surface area contributed by atoms with Crippen LogP contribution in [0.3, 0.4) is 0 Å². The van der Waals surface area contributed by atoms with Crippen molar-refractivity contribution in [2.45, 2.75) is 12.3 Å². The van der Waals surface area contributed by atoms with Gasteiger partial charge in [0.25, 0.3) is 0 Å². The van der Waals surface area contributed by atoms with Crippen molar-refractivity contribution >= 4 is 45.3 Å². The smallest absolute Gasteiger partial charge is 0.312 e. The Bertz CT molecular complexity index is 1780. The van der Waals surface area contributed by atoms with Crippen LogP contribution in [0.25, 0.3) is 33.0 Å². The monoisotopic (exact) mass is 512 g/mol. The molecular formula is C29H21ClN2O5. The van der Waals surface area contributed by atoms with Crippen LogP contribution >= 0.6 is 11.6 Å². The minimum absolute atomic E-state index is 0.0225. The largest absolute Gasteiger partial charge is 0.507 e. The first kappa shape index (κ1) is 23.1. The molecule has 1 N–H and O–H groups in total. The molecule has 0 amide bonds.